The maximum Gasteiger partial charge on any atom is 0.321 e. The number of hydrogen-bond donors (Lipinski definition) is 2. The van der Waals surface area contributed by atoms with Crippen molar-refractivity contribution in [1.82, 2.24) is 10.6 Å². The van der Waals surface area contributed by atoms with Crippen molar-refractivity contribution < 1.29 is 18.7 Å². The first-order valence-electron chi connectivity index (χ1n) is 5.08. The Bertz CT molecular complexity index is 468. The van der Waals surface area contributed by atoms with E-state index in [1.807, 2.05) is 5.32 Å². The van der Waals surface area contributed by atoms with Gasteiger partial charge in [-0.3, -0.25) is 10.1 Å². The summed E-state index contributed by atoms with van der Waals surface area (Å²) < 4.78 is 19.1. The summed E-state index contributed by atoms with van der Waals surface area (Å²) in [7, 11) is 1.38. The van der Waals surface area contributed by atoms with E-state index in [-0.39, 0.29) is 5.75 Å². The van der Waals surface area contributed by atoms with Crippen LogP contribution in [0.3, 0.4) is 0 Å². The highest BCUT2D eigenvalue weighted by atomic mass is 79.9. The van der Waals surface area contributed by atoms with Crippen molar-refractivity contribution in [1.29, 1.82) is 0 Å². The number of urea groups is 1. The summed E-state index contributed by atoms with van der Waals surface area (Å²) >= 11 is 3.11. The van der Waals surface area contributed by atoms with E-state index in [0.717, 1.165) is 0 Å². The Morgan fingerprint density at radius 1 is 1.44 bits per heavy atom. The molecule has 0 aliphatic rings. The van der Waals surface area contributed by atoms with Gasteiger partial charge in [0, 0.05) is 11.5 Å². The topological polar surface area (TPSA) is 67.4 Å². The molecule has 3 amide bonds. The minimum Gasteiger partial charge on any atom is -0.478 e. The minimum absolute atomic E-state index is 0.0576. The van der Waals surface area contributed by atoms with E-state index in [1.54, 1.807) is 6.07 Å². The van der Waals surface area contributed by atoms with Gasteiger partial charge in [-0.05, 0) is 25.1 Å². The van der Waals surface area contributed by atoms with Gasteiger partial charge in [0.25, 0.3) is 5.91 Å². The molecule has 1 aromatic carbocycles. The van der Waals surface area contributed by atoms with Crippen LogP contribution < -0.4 is 15.4 Å². The number of hydrogen-bond acceptors (Lipinski definition) is 3. The van der Waals surface area contributed by atoms with Crippen LogP contribution in [0.4, 0.5) is 9.18 Å². The van der Waals surface area contributed by atoms with Crippen LogP contribution in [-0.2, 0) is 4.79 Å². The molecule has 7 heteroatoms. The maximum atomic E-state index is 13.4. The third-order valence-electron chi connectivity index (χ3n) is 2.03. The predicted molar refractivity (Wildman–Crippen MR) is 66.8 cm³/mol. The molecule has 0 spiro atoms. The van der Waals surface area contributed by atoms with Gasteiger partial charge < -0.3 is 10.1 Å². The molecule has 0 aromatic heterocycles. The summed E-state index contributed by atoms with van der Waals surface area (Å²) in [4.78, 5) is 22.4. The summed E-state index contributed by atoms with van der Waals surface area (Å²) in [6, 6.07) is 3.55. The van der Waals surface area contributed by atoms with Crippen molar-refractivity contribution in [2.75, 3.05) is 7.05 Å². The summed E-state index contributed by atoms with van der Waals surface area (Å²) in [6.45, 7) is 1.42. The van der Waals surface area contributed by atoms with Crippen molar-refractivity contribution in [3.05, 3.63) is 28.5 Å². The van der Waals surface area contributed by atoms with Crippen molar-refractivity contribution in [3.63, 3.8) is 0 Å². The van der Waals surface area contributed by atoms with Crippen LogP contribution in [0.1, 0.15) is 6.92 Å². The fourth-order valence-corrected chi connectivity index (χ4v) is 1.42. The first-order valence-corrected chi connectivity index (χ1v) is 5.87. The molecule has 0 saturated heterocycles. The Labute approximate surface area is 112 Å². The van der Waals surface area contributed by atoms with Gasteiger partial charge in [-0.15, -0.1) is 0 Å². The maximum absolute atomic E-state index is 13.4. The Balaban J connectivity index is 2.66. The summed E-state index contributed by atoms with van der Waals surface area (Å²) in [6.07, 6.45) is -0.988. The van der Waals surface area contributed by atoms with E-state index < -0.39 is 23.9 Å². The number of imide groups is 1. The molecule has 18 heavy (non-hydrogen) atoms. The molecule has 0 saturated carbocycles. The molecule has 5 nitrogen and oxygen atoms in total. The highest BCUT2D eigenvalue weighted by Gasteiger charge is 2.18. The van der Waals surface area contributed by atoms with Crippen molar-refractivity contribution in [3.8, 4) is 5.75 Å². The van der Waals surface area contributed by atoms with E-state index in [1.165, 1.54) is 26.1 Å². The number of amides is 3. The van der Waals surface area contributed by atoms with Gasteiger partial charge in [0.15, 0.2) is 17.7 Å². The van der Waals surface area contributed by atoms with Crippen LogP contribution >= 0.6 is 15.9 Å². The number of carbonyl (C=O) groups excluding carboxylic acids is 2. The number of rotatable bonds is 3. The second-order valence-corrected chi connectivity index (χ2v) is 4.32. The molecule has 0 bridgehead atoms. The molecule has 0 aliphatic heterocycles. The number of carbonyl (C=O) groups is 2. The highest BCUT2D eigenvalue weighted by molar-refractivity contribution is 9.10. The molecular formula is C11H12BrFN2O3. The lowest BCUT2D eigenvalue weighted by Gasteiger charge is -2.14. The third kappa shape index (κ3) is 3.99. The van der Waals surface area contributed by atoms with Crippen molar-refractivity contribution in [2.45, 2.75) is 13.0 Å². The molecule has 1 aromatic rings. The second-order valence-electron chi connectivity index (χ2n) is 3.40. The summed E-state index contributed by atoms with van der Waals surface area (Å²) in [5, 5.41) is 4.26. The van der Waals surface area contributed by atoms with Crippen molar-refractivity contribution >= 4 is 27.9 Å². The number of halogens is 2. The lowest BCUT2D eigenvalue weighted by atomic mass is 10.3. The first-order chi connectivity index (χ1) is 8.43. The normalized spacial score (nSPS) is 11.6. The van der Waals surface area contributed by atoms with E-state index in [0.29, 0.717) is 4.47 Å². The van der Waals surface area contributed by atoms with Gasteiger partial charge in [-0.2, -0.15) is 0 Å². The van der Waals surface area contributed by atoms with Gasteiger partial charge in [0.1, 0.15) is 0 Å². The van der Waals surface area contributed by atoms with Crippen LogP contribution in [-0.4, -0.2) is 25.1 Å². The second kappa shape index (κ2) is 6.34. The molecule has 98 valence electrons. The summed E-state index contributed by atoms with van der Waals surface area (Å²) in [5.41, 5.74) is 0. The SMILES string of the molecule is CNC(=O)NC(=O)[C@@H](C)Oc1ccc(Br)cc1F. The minimum atomic E-state index is -0.988. The fraction of sp³-hybridized carbons (Fsp3) is 0.273. The number of benzene rings is 1. The Hall–Kier alpha value is -1.63. The smallest absolute Gasteiger partial charge is 0.321 e. The lowest BCUT2D eigenvalue weighted by Crippen LogP contribution is -2.44. The highest BCUT2D eigenvalue weighted by Crippen LogP contribution is 2.22. The standard InChI is InChI=1S/C11H12BrFN2O3/c1-6(10(16)15-11(17)14-2)18-9-4-3-7(12)5-8(9)13/h3-6H,1-2H3,(H2,14,15,16,17)/t6-/m1/s1. The van der Waals surface area contributed by atoms with Gasteiger partial charge in [0.2, 0.25) is 0 Å². The van der Waals surface area contributed by atoms with E-state index in [4.69, 9.17) is 4.74 Å². The van der Waals surface area contributed by atoms with E-state index >= 15 is 0 Å². The first kappa shape index (κ1) is 14.4. The fourth-order valence-electron chi connectivity index (χ4n) is 1.09. The molecule has 0 fully saturated rings. The zero-order valence-electron chi connectivity index (χ0n) is 9.79. The Kier molecular flexibility index (Phi) is 5.08. The molecule has 2 N–H and O–H groups in total. The van der Waals surface area contributed by atoms with Crippen molar-refractivity contribution in [2.24, 2.45) is 0 Å². The molecule has 0 heterocycles. The van der Waals surface area contributed by atoms with Gasteiger partial charge >= 0.3 is 6.03 Å². The quantitative estimate of drug-likeness (QED) is 0.893. The zero-order chi connectivity index (χ0) is 13.7. The monoisotopic (exact) mass is 318 g/mol. The lowest BCUT2D eigenvalue weighted by molar-refractivity contribution is -0.126. The van der Waals surface area contributed by atoms with Gasteiger partial charge in [-0.25, -0.2) is 9.18 Å². The third-order valence-corrected chi connectivity index (χ3v) is 2.52. The average molecular weight is 319 g/mol. The predicted octanol–water partition coefficient (Wildman–Crippen LogP) is 1.81. The molecule has 1 rings (SSSR count). The van der Waals surface area contributed by atoms with Gasteiger partial charge in [-0.1, -0.05) is 15.9 Å². The number of nitrogens with one attached hydrogen (secondary N) is 2. The zero-order valence-corrected chi connectivity index (χ0v) is 11.4. The molecule has 0 aliphatic carbocycles. The van der Waals surface area contributed by atoms with Crippen LogP contribution in [0.2, 0.25) is 0 Å². The molecule has 0 radical (unpaired) electrons. The van der Waals surface area contributed by atoms with Gasteiger partial charge in [0.05, 0.1) is 0 Å². The molecule has 1 atom stereocenters. The molecular weight excluding hydrogens is 307 g/mol. The van der Waals surface area contributed by atoms with E-state index in [2.05, 4.69) is 21.2 Å². The Morgan fingerprint density at radius 2 is 2.11 bits per heavy atom. The molecule has 0 unspecified atom stereocenters. The van der Waals surface area contributed by atoms with E-state index in [9.17, 15) is 14.0 Å². The average Bonchev–Trinajstić information content (AvgIpc) is 2.32. The Morgan fingerprint density at radius 3 is 2.67 bits per heavy atom. The number of ether oxygens (including phenoxy) is 1. The van der Waals surface area contributed by atoms with Crippen LogP contribution in [0.15, 0.2) is 22.7 Å². The van der Waals surface area contributed by atoms with Crippen LogP contribution in [0.25, 0.3) is 0 Å². The van der Waals surface area contributed by atoms with Crippen LogP contribution in [0.5, 0.6) is 5.75 Å². The largest absolute Gasteiger partial charge is 0.478 e. The summed E-state index contributed by atoms with van der Waals surface area (Å²) in [5.74, 6) is -1.31. The van der Waals surface area contributed by atoms with Crippen LogP contribution in [0, 0.1) is 5.82 Å².